The van der Waals surface area contributed by atoms with Crippen LogP contribution in [0.15, 0.2) is 36.4 Å². The van der Waals surface area contributed by atoms with Gasteiger partial charge in [0.2, 0.25) is 12.7 Å². The summed E-state index contributed by atoms with van der Waals surface area (Å²) in [4.78, 5) is 29.3. The van der Waals surface area contributed by atoms with Gasteiger partial charge in [-0.1, -0.05) is 29.3 Å². The standard InChI is InChI=1S/C22H20Cl2N2O4/c23-14-2-3-18(24)17(10-14)22(28)26-7-5-25(6-8-26)21(27)16-11-15(16)13-1-4-19-20(9-13)30-12-29-19/h1-4,9-10,15-16H,5-8,11-12H2/t15-,16+/m0/s1. The van der Waals surface area contributed by atoms with E-state index in [2.05, 4.69) is 0 Å². The van der Waals surface area contributed by atoms with Crippen molar-refractivity contribution in [2.45, 2.75) is 12.3 Å². The van der Waals surface area contributed by atoms with Crippen LogP contribution in [0, 0.1) is 5.92 Å². The average Bonchev–Trinajstić information content (AvgIpc) is 3.43. The molecule has 0 spiro atoms. The van der Waals surface area contributed by atoms with E-state index in [4.69, 9.17) is 32.7 Å². The molecule has 2 aromatic carbocycles. The van der Waals surface area contributed by atoms with E-state index < -0.39 is 0 Å². The molecule has 1 saturated carbocycles. The molecule has 2 aliphatic heterocycles. The molecule has 0 N–H and O–H groups in total. The minimum Gasteiger partial charge on any atom is -0.454 e. The van der Waals surface area contributed by atoms with Crippen molar-refractivity contribution < 1.29 is 19.1 Å². The first-order valence-electron chi connectivity index (χ1n) is 9.94. The van der Waals surface area contributed by atoms with Crippen LogP contribution in [0.4, 0.5) is 0 Å². The highest BCUT2D eigenvalue weighted by Crippen LogP contribution is 2.50. The molecule has 1 saturated heterocycles. The largest absolute Gasteiger partial charge is 0.454 e. The van der Waals surface area contributed by atoms with Crippen LogP contribution in [0.1, 0.15) is 28.3 Å². The number of fused-ring (bicyclic) bond motifs is 1. The Morgan fingerprint density at radius 2 is 1.63 bits per heavy atom. The molecule has 0 radical (unpaired) electrons. The lowest BCUT2D eigenvalue weighted by molar-refractivity contribution is -0.134. The van der Waals surface area contributed by atoms with Crippen LogP contribution < -0.4 is 9.47 Å². The van der Waals surface area contributed by atoms with Crippen molar-refractivity contribution in [2.24, 2.45) is 5.92 Å². The fourth-order valence-electron chi connectivity index (χ4n) is 4.18. The second kappa shape index (κ2) is 7.67. The van der Waals surface area contributed by atoms with Crippen LogP contribution in [0.2, 0.25) is 10.0 Å². The number of hydrogen-bond acceptors (Lipinski definition) is 4. The van der Waals surface area contributed by atoms with Gasteiger partial charge in [-0.15, -0.1) is 0 Å². The second-order valence-electron chi connectivity index (χ2n) is 7.80. The summed E-state index contributed by atoms with van der Waals surface area (Å²) < 4.78 is 10.8. The van der Waals surface area contributed by atoms with E-state index in [1.807, 2.05) is 23.1 Å². The Bertz CT molecular complexity index is 1020. The zero-order valence-corrected chi connectivity index (χ0v) is 17.7. The van der Waals surface area contributed by atoms with Gasteiger partial charge >= 0.3 is 0 Å². The molecule has 8 heteroatoms. The number of nitrogens with zero attached hydrogens (tertiary/aromatic N) is 2. The van der Waals surface area contributed by atoms with E-state index in [-0.39, 0.29) is 30.4 Å². The van der Waals surface area contributed by atoms with Gasteiger partial charge in [-0.25, -0.2) is 0 Å². The van der Waals surface area contributed by atoms with Gasteiger partial charge in [0, 0.05) is 37.1 Å². The summed E-state index contributed by atoms with van der Waals surface area (Å²) in [5, 5.41) is 0.854. The number of carbonyl (C=O) groups excluding carboxylic acids is 2. The van der Waals surface area contributed by atoms with Crippen molar-refractivity contribution in [3.63, 3.8) is 0 Å². The Morgan fingerprint density at radius 1 is 0.900 bits per heavy atom. The quantitative estimate of drug-likeness (QED) is 0.718. The van der Waals surface area contributed by atoms with E-state index in [0.717, 1.165) is 23.5 Å². The smallest absolute Gasteiger partial charge is 0.255 e. The summed E-state index contributed by atoms with van der Waals surface area (Å²) >= 11 is 12.2. The normalized spacial score (nSPS) is 22.2. The van der Waals surface area contributed by atoms with Gasteiger partial charge in [0.15, 0.2) is 11.5 Å². The number of piperazine rings is 1. The number of hydrogen-bond donors (Lipinski definition) is 0. The summed E-state index contributed by atoms with van der Waals surface area (Å²) in [5.41, 5.74) is 1.51. The first-order chi connectivity index (χ1) is 14.5. The molecule has 156 valence electrons. The molecule has 5 rings (SSSR count). The zero-order valence-electron chi connectivity index (χ0n) is 16.1. The topological polar surface area (TPSA) is 59.1 Å². The Hall–Kier alpha value is -2.44. The third kappa shape index (κ3) is 3.59. The molecule has 2 heterocycles. The Balaban J connectivity index is 1.19. The summed E-state index contributed by atoms with van der Waals surface area (Å²) in [6.07, 6.45) is 0.843. The van der Waals surface area contributed by atoms with E-state index >= 15 is 0 Å². The SMILES string of the molecule is O=C(c1cc(Cl)ccc1Cl)N1CCN(C(=O)[C@@H]2C[C@H]2c2ccc3c(c2)OCO3)CC1. The fourth-order valence-corrected chi connectivity index (χ4v) is 4.55. The lowest BCUT2D eigenvalue weighted by Gasteiger charge is -2.35. The third-order valence-electron chi connectivity index (χ3n) is 5.97. The highest BCUT2D eigenvalue weighted by molar-refractivity contribution is 6.35. The van der Waals surface area contributed by atoms with Gasteiger partial charge < -0.3 is 19.3 Å². The minimum absolute atomic E-state index is 0.00463. The van der Waals surface area contributed by atoms with Crippen LogP contribution in [0.3, 0.4) is 0 Å². The molecule has 0 unspecified atom stereocenters. The van der Waals surface area contributed by atoms with Crippen molar-refractivity contribution in [3.8, 4) is 11.5 Å². The van der Waals surface area contributed by atoms with Crippen LogP contribution in [-0.2, 0) is 4.79 Å². The number of rotatable bonds is 3. The van der Waals surface area contributed by atoms with Gasteiger partial charge in [0.1, 0.15) is 0 Å². The minimum atomic E-state index is -0.153. The van der Waals surface area contributed by atoms with Crippen molar-refractivity contribution >= 4 is 35.0 Å². The summed E-state index contributed by atoms with van der Waals surface area (Å²) in [6.45, 7) is 2.25. The van der Waals surface area contributed by atoms with Crippen LogP contribution in [0.25, 0.3) is 0 Å². The maximum Gasteiger partial charge on any atom is 0.255 e. The van der Waals surface area contributed by atoms with Gasteiger partial charge in [0.05, 0.1) is 10.6 Å². The molecule has 30 heavy (non-hydrogen) atoms. The molecule has 2 atom stereocenters. The number of ether oxygens (including phenoxy) is 2. The number of halogens is 2. The lowest BCUT2D eigenvalue weighted by Crippen LogP contribution is -2.51. The van der Waals surface area contributed by atoms with Crippen molar-refractivity contribution in [3.05, 3.63) is 57.6 Å². The molecule has 2 aromatic rings. The van der Waals surface area contributed by atoms with Gasteiger partial charge in [-0.3, -0.25) is 9.59 Å². The van der Waals surface area contributed by atoms with Gasteiger partial charge in [-0.05, 0) is 48.2 Å². The monoisotopic (exact) mass is 446 g/mol. The summed E-state index contributed by atoms with van der Waals surface area (Å²) in [7, 11) is 0. The Labute approximate surface area is 184 Å². The van der Waals surface area contributed by atoms with Gasteiger partial charge in [-0.2, -0.15) is 0 Å². The maximum atomic E-state index is 13.0. The highest BCUT2D eigenvalue weighted by atomic mass is 35.5. The van der Waals surface area contributed by atoms with E-state index in [9.17, 15) is 9.59 Å². The molecular weight excluding hydrogens is 427 g/mol. The van der Waals surface area contributed by atoms with Gasteiger partial charge in [0.25, 0.3) is 5.91 Å². The molecule has 3 aliphatic rings. The molecule has 2 amide bonds. The van der Waals surface area contributed by atoms with E-state index in [1.54, 1.807) is 23.1 Å². The molecule has 6 nitrogen and oxygen atoms in total. The van der Waals surface area contributed by atoms with Crippen molar-refractivity contribution in [1.82, 2.24) is 9.80 Å². The second-order valence-corrected chi connectivity index (χ2v) is 8.65. The summed E-state index contributed by atoms with van der Waals surface area (Å²) in [5.74, 6) is 1.72. The number of benzene rings is 2. The van der Waals surface area contributed by atoms with E-state index in [1.165, 1.54) is 0 Å². The predicted octanol–water partition coefficient (Wildman–Crippen LogP) is 3.81. The molecule has 0 aromatic heterocycles. The lowest BCUT2D eigenvalue weighted by atomic mass is 10.1. The van der Waals surface area contributed by atoms with Crippen LogP contribution >= 0.6 is 23.2 Å². The third-order valence-corrected chi connectivity index (χ3v) is 6.53. The fraction of sp³-hybridized carbons (Fsp3) is 0.364. The van der Waals surface area contributed by atoms with E-state index in [0.29, 0.717) is 41.8 Å². The zero-order chi connectivity index (χ0) is 20.8. The van der Waals surface area contributed by atoms with Crippen molar-refractivity contribution in [2.75, 3.05) is 33.0 Å². The molecule has 1 aliphatic carbocycles. The molecular formula is C22H20Cl2N2O4. The summed E-state index contributed by atoms with van der Waals surface area (Å²) in [6, 6.07) is 10.8. The van der Waals surface area contributed by atoms with Crippen molar-refractivity contribution in [1.29, 1.82) is 0 Å². The average molecular weight is 447 g/mol. The number of amides is 2. The Morgan fingerprint density at radius 3 is 2.43 bits per heavy atom. The first kappa shape index (κ1) is 19.5. The maximum absolute atomic E-state index is 13.0. The molecule has 0 bridgehead atoms. The highest BCUT2D eigenvalue weighted by Gasteiger charge is 2.46. The number of carbonyl (C=O) groups is 2. The Kier molecular flexibility index (Phi) is 4.99. The molecule has 2 fully saturated rings. The van der Waals surface area contributed by atoms with Crippen LogP contribution in [0.5, 0.6) is 11.5 Å². The first-order valence-corrected chi connectivity index (χ1v) is 10.7. The van der Waals surface area contributed by atoms with Crippen LogP contribution in [-0.4, -0.2) is 54.6 Å². The predicted molar refractivity (Wildman–Crippen MR) is 112 cm³/mol.